The van der Waals surface area contributed by atoms with Gasteiger partial charge in [0, 0.05) is 30.5 Å². The molecule has 0 aliphatic heterocycles. The third-order valence-electron chi connectivity index (χ3n) is 5.84. The lowest BCUT2D eigenvalue weighted by Crippen LogP contribution is -2.22. The lowest BCUT2D eigenvalue weighted by molar-refractivity contribution is -0.127. The zero-order valence-electron chi connectivity index (χ0n) is 20.7. The summed E-state index contributed by atoms with van der Waals surface area (Å²) < 4.78 is 43.7. The Morgan fingerprint density at radius 3 is 2.45 bits per heavy atom. The van der Waals surface area contributed by atoms with Crippen molar-refractivity contribution in [3.05, 3.63) is 108 Å². The summed E-state index contributed by atoms with van der Waals surface area (Å²) in [7, 11) is 0. The molecule has 4 aromatic rings. The molecular formula is C29H26F3N3O3. The normalized spacial score (nSPS) is 11.3. The van der Waals surface area contributed by atoms with E-state index in [1.165, 1.54) is 30.6 Å². The molecule has 38 heavy (non-hydrogen) atoms. The van der Waals surface area contributed by atoms with Crippen molar-refractivity contribution >= 4 is 11.7 Å². The maximum atomic E-state index is 12.7. The fourth-order valence-electron chi connectivity index (χ4n) is 3.98. The number of alkyl halides is 3. The van der Waals surface area contributed by atoms with Gasteiger partial charge in [0.15, 0.2) is 0 Å². The summed E-state index contributed by atoms with van der Waals surface area (Å²) >= 11 is 0. The third-order valence-corrected chi connectivity index (χ3v) is 5.84. The highest BCUT2D eigenvalue weighted by molar-refractivity contribution is 5.87. The number of carboxylic acid groups (broad SMARTS) is 1. The maximum Gasteiger partial charge on any atom is 0.393 e. The zero-order valence-corrected chi connectivity index (χ0v) is 20.7. The molecule has 6 nitrogen and oxygen atoms in total. The van der Waals surface area contributed by atoms with E-state index in [0.29, 0.717) is 24.5 Å². The van der Waals surface area contributed by atoms with E-state index >= 15 is 0 Å². The van der Waals surface area contributed by atoms with E-state index in [1.807, 2.05) is 49.4 Å². The van der Waals surface area contributed by atoms with Gasteiger partial charge in [0.25, 0.3) is 0 Å². The standard InChI is InChI=1S/C29H26F3N3O3/c1-2-35(25-11-9-20(10-12-25)15-29(30,31)32)18-21-5-3-6-22(13-21)27-8-4-7-24(34-27)19-38-26-14-23(28(36)37)16-33-17-26/h3-14,16-17H,2,15,18-19H2,1H3,(H,36,37). The van der Waals surface area contributed by atoms with Crippen LogP contribution in [0.3, 0.4) is 0 Å². The quantitative estimate of drug-likeness (QED) is 0.255. The van der Waals surface area contributed by atoms with Crippen molar-refractivity contribution in [3.8, 4) is 17.0 Å². The van der Waals surface area contributed by atoms with Gasteiger partial charge in [-0.2, -0.15) is 13.2 Å². The van der Waals surface area contributed by atoms with E-state index in [2.05, 4.69) is 14.9 Å². The number of halogens is 3. The lowest BCUT2D eigenvalue weighted by atomic mass is 10.1. The summed E-state index contributed by atoms with van der Waals surface area (Å²) in [5.74, 6) is -0.742. The minimum Gasteiger partial charge on any atom is -0.486 e. The zero-order chi connectivity index (χ0) is 27.1. The summed E-state index contributed by atoms with van der Waals surface area (Å²) in [6.45, 7) is 3.41. The molecule has 0 atom stereocenters. The molecule has 0 aliphatic carbocycles. The molecule has 0 spiro atoms. The first-order valence-corrected chi connectivity index (χ1v) is 12.0. The van der Waals surface area contributed by atoms with Gasteiger partial charge in [-0.1, -0.05) is 36.4 Å². The average molecular weight is 522 g/mol. The molecule has 4 rings (SSSR count). The molecule has 2 aromatic heterocycles. The van der Waals surface area contributed by atoms with Crippen LogP contribution < -0.4 is 9.64 Å². The van der Waals surface area contributed by atoms with Gasteiger partial charge in [-0.05, 0) is 54.4 Å². The van der Waals surface area contributed by atoms with E-state index in [0.717, 1.165) is 22.5 Å². The number of nitrogens with zero attached hydrogens (tertiary/aromatic N) is 3. The number of aromatic nitrogens is 2. The Labute approximate surface area is 218 Å². The van der Waals surface area contributed by atoms with E-state index in [-0.39, 0.29) is 17.7 Å². The monoisotopic (exact) mass is 521 g/mol. The Morgan fingerprint density at radius 1 is 0.974 bits per heavy atom. The highest BCUT2D eigenvalue weighted by atomic mass is 19.4. The molecule has 0 radical (unpaired) electrons. The molecule has 0 aliphatic rings. The van der Waals surface area contributed by atoms with Crippen LogP contribution in [-0.2, 0) is 19.6 Å². The molecule has 0 fully saturated rings. The molecule has 0 bridgehead atoms. The molecule has 9 heteroatoms. The van der Waals surface area contributed by atoms with Crippen LogP contribution in [0, 0.1) is 0 Å². The van der Waals surface area contributed by atoms with Crippen molar-refractivity contribution in [3.63, 3.8) is 0 Å². The van der Waals surface area contributed by atoms with Crippen molar-refractivity contribution < 1.29 is 27.8 Å². The van der Waals surface area contributed by atoms with Crippen LogP contribution in [0.2, 0.25) is 0 Å². The first kappa shape index (κ1) is 26.7. The number of aromatic carboxylic acids is 1. The van der Waals surface area contributed by atoms with Crippen LogP contribution in [0.1, 0.15) is 34.1 Å². The first-order valence-electron chi connectivity index (χ1n) is 12.0. The molecule has 1 N–H and O–H groups in total. The molecule has 196 valence electrons. The maximum absolute atomic E-state index is 12.7. The van der Waals surface area contributed by atoms with Gasteiger partial charge in [-0.3, -0.25) is 4.98 Å². The van der Waals surface area contributed by atoms with Crippen molar-refractivity contribution in [2.24, 2.45) is 0 Å². The minimum atomic E-state index is -4.23. The number of pyridine rings is 2. The van der Waals surface area contributed by atoms with E-state index in [4.69, 9.17) is 9.84 Å². The van der Waals surface area contributed by atoms with Gasteiger partial charge in [0.05, 0.1) is 29.6 Å². The van der Waals surface area contributed by atoms with Crippen LogP contribution in [0.4, 0.5) is 18.9 Å². The fraction of sp³-hybridized carbons (Fsp3) is 0.207. The van der Waals surface area contributed by atoms with Crippen molar-refractivity contribution in [2.75, 3.05) is 11.4 Å². The highest BCUT2D eigenvalue weighted by Gasteiger charge is 2.27. The Kier molecular flexibility index (Phi) is 8.25. The average Bonchev–Trinajstić information content (AvgIpc) is 2.91. The minimum absolute atomic E-state index is 0.0411. The summed E-state index contributed by atoms with van der Waals surface area (Å²) in [6, 6.07) is 21.4. The number of hydrogen-bond acceptors (Lipinski definition) is 5. The van der Waals surface area contributed by atoms with Crippen LogP contribution in [0.25, 0.3) is 11.3 Å². The second-order valence-electron chi connectivity index (χ2n) is 8.69. The predicted octanol–water partition coefficient (Wildman–Crippen LogP) is 6.55. The van der Waals surface area contributed by atoms with Gasteiger partial charge >= 0.3 is 12.1 Å². The van der Waals surface area contributed by atoms with Crippen molar-refractivity contribution in [1.82, 2.24) is 9.97 Å². The number of ether oxygens (including phenoxy) is 1. The van der Waals surface area contributed by atoms with Crippen LogP contribution in [0.5, 0.6) is 5.75 Å². The van der Waals surface area contributed by atoms with E-state index < -0.39 is 18.6 Å². The van der Waals surface area contributed by atoms with Crippen LogP contribution >= 0.6 is 0 Å². The van der Waals surface area contributed by atoms with Crippen molar-refractivity contribution in [1.29, 1.82) is 0 Å². The van der Waals surface area contributed by atoms with Gasteiger partial charge < -0.3 is 14.7 Å². The van der Waals surface area contributed by atoms with E-state index in [1.54, 1.807) is 12.1 Å². The largest absolute Gasteiger partial charge is 0.486 e. The summed E-state index contributed by atoms with van der Waals surface area (Å²) in [4.78, 5) is 21.8. The summed E-state index contributed by atoms with van der Waals surface area (Å²) in [5.41, 5.74) is 4.49. The third kappa shape index (κ3) is 7.32. The Balaban J connectivity index is 1.45. The van der Waals surface area contributed by atoms with Gasteiger partial charge in [0.1, 0.15) is 12.4 Å². The molecule has 0 amide bonds. The lowest BCUT2D eigenvalue weighted by Gasteiger charge is -2.24. The Bertz CT molecular complexity index is 1390. The molecule has 0 saturated heterocycles. The topological polar surface area (TPSA) is 75.5 Å². The fourth-order valence-corrected chi connectivity index (χ4v) is 3.98. The van der Waals surface area contributed by atoms with Crippen LogP contribution in [-0.4, -0.2) is 33.8 Å². The molecule has 2 aromatic carbocycles. The second-order valence-corrected chi connectivity index (χ2v) is 8.69. The van der Waals surface area contributed by atoms with Gasteiger partial charge in [-0.25, -0.2) is 9.78 Å². The smallest absolute Gasteiger partial charge is 0.393 e. The van der Waals surface area contributed by atoms with Crippen LogP contribution in [0.15, 0.2) is 85.2 Å². The SMILES string of the molecule is CCN(Cc1cccc(-c2cccc(COc3cncc(C(=O)O)c3)n2)c1)c1ccc(CC(F)(F)F)cc1. The van der Waals surface area contributed by atoms with Gasteiger partial charge in [0.2, 0.25) is 0 Å². The highest BCUT2D eigenvalue weighted by Crippen LogP contribution is 2.25. The molecule has 0 unspecified atom stereocenters. The summed E-state index contributed by atoms with van der Waals surface area (Å²) in [5, 5.41) is 9.11. The number of rotatable bonds is 10. The Hall–Kier alpha value is -4.40. The predicted molar refractivity (Wildman–Crippen MR) is 138 cm³/mol. The van der Waals surface area contributed by atoms with E-state index in [9.17, 15) is 18.0 Å². The summed E-state index contributed by atoms with van der Waals surface area (Å²) in [6.07, 6.45) is -2.47. The number of carbonyl (C=O) groups is 1. The second kappa shape index (κ2) is 11.8. The Morgan fingerprint density at radius 2 is 1.74 bits per heavy atom. The van der Waals surface area contributed by atoms with Crippen molar-refractivity contribution in [2.45, 2.75) is 32.7 Å². The molecule has 2 heterocycles. The molecule has 0 saturated carbocycles. The van der Waals surface area contributed by atoms with Gasteiger partial charge in [-0.15, -0.1) is 0 Å². The number of benzene rings is 2. The number of carboxylic acids is 1. The number of hydrogen-bond donors (Lipinski definition) is 1. The molecular weight excluding hydrogens is 495 g/mol. The number of anilines is 1. The first-order chi connectivity index (χ1) is 18.2.